The number of amides is 2. The number of hydrogen-bond donors (Lipinski definition) is 1. The summed E-state index contributed by atoms with van der Waals surface area (Å²) < 4.78 is 1.29. The molecular formula is C13H16N6O2. The molecule has 0 aliphatic rings. The van der Waals surface area contributed by atoms with Gasteiger partial charge in [-0.15, -0.1) is 5.10 Å². The van der Waals surface area contributed by atoms with Gasteiger partial charge < -0.3 is 10.2 Å². The van der Waals surface area contributed by atoms with Crippen LogP contribution in [0.3, 0.4) is 0 Å². The number of carbonyl (C=O) groups excluding carboxylic acids is 2. The van der Waals surface area contributed by atoms with Crippen molar-refractivity contribution in [2.45, 2.75) is 12.6 Å². The van der Waals surface area contributed by atoms with Crippen LogP contribution in [-0.4, -0.2) is 51.0 Å². The summed E-state index contributed by atoms with van der Waals surface area (Å²) >= 11 is 0. The molecule has 0 saturated heterocycles. The fraction of sp³-hybridized carbons (Fsp3) is 0.308. The summed E-state index contributed by atoms with van der Waals surface area (Å²) in [4.78, 5) is 25.7. The molecule has 0 aliphatic heterocycles. The maximum atomic E-state index is 12.2. The third-order valence-electron chi connectivity index (χ3n) is 2.82. The highest BCUT2D eigenvalue weighted by Crippen LogP contribution is 2.14. The van der Waals surface area contributed by atoms with Crippen molar-refractivity contribution in [3.05, 3.63) is 42.2 Å². The summed E-state index contributed by atoms with van der Waals surface area (Å²) in [7, 11) is 3.29. The number of aromatic nitrogens is 4. The van der Waals surface area contributed by atoms with Crippen molar-refractivity contribution in [2.24, 2.45) is 0 Å². The Morgan fingerprint density at radius 3 is 2.57 bits per heavy atom. The Bertz CT molecular complexity index is 596. The minimum atomic E-state index is -0.731. The fourth-order valence-electron chi connectivity index (χ4n) is 1.80. The van der Waals surface area contributed by atoms with E-state index < -0.39 is 6.04 Å². The first kappa shape index (κ1) is 14.6. The SMILES string of the molecule is CN(C)C(=O)C(NC(=O)Cn1cnnn1)c1ccccc1. The summed E-state index contributed by atoms with van der Waals surface area (Å²) in [5.41, 5.74) is 0.723. The number of rotatable bonds is 5. The van der Waals surface area contributed by atoms with Gasteiger partial charge in [0.25, 0.3) is 0 Å². The van der Waals surface area contributed by atoms with E-state index in [1.165, 1.54) is 15.9 Å². The molecule has 1 atom stereocenters. The average Bonchev–Trinajstić information content (AvgIpc) is 2.97. The molecule has 0 saturated carbocycles. The minimum absolute atomic E-state index is 0.0446. The van der Waals surface area contributed by atoms with Gasteiger partial charge in [0.1, 0.15) is 18.9 Å². The number of tetrazole rings is 1. The molecule has 0 spiro atoms. The molecule has 8 heteroatoms. The van der Waals surface area contributed by atoms with Gasteiger partial charge in [-0.25, -0.2) is 4.68 Å². The molecule has 1 aromatic heterocycles. The van der Waals surface area contributed by atoms with Crippen molar-refractivity contribution in [2.75, 3.05) is 14.1 Å². The van der Waals surface area contributed by atoms with Crippen LogP contribution in [0.1, 0.15) is 11.6 Å². The van der Waals surface area contributed by atoms with E-state index in [1.54, 1.807) is 26.2 Å². The van der Waals surface area contributed by atoms with Crippen LogP contribution in [0.2, 0.25) is 0 Å². The lowest BCUT2D eigenvalue weighted by molar-refractivity contribution is -0.134. The zero-order valence-electron chi connectivity index (χ0n) is 11.8. The molecule has 0 aliphatic carbocycles. The Labute approximate surface area is 121 Å². The van der Waals surface area contributed by atoms with E-state index in [-0.39, 0.29) is 18.4 Å². The minimum Gasteiger partial charge on any atom is -0.347 e. The Kier molecular flexibility index (Phi) is 4.60. The molecule has 2 aromatic rings. The van der Waals surface area contributed by atoms with Gasteiger partial charge >= 0.3 is 0 Å². The van der Waals surface area contributed by atoms with Gasteiger partial charge in [0, 0.05) is 14.1 Å². The predicted molar refractivity (Wildman–Crippen MR) is 73.8 cm³/mol. The number of benzene rings is 1. The second kappa shape index (κ2) is 6.60. The van der Waals surface area contributed by atoms with E-state index in [0.717, 1.165) is 5.56 Å². The summed E-state index contributed by atoms with van der Waals surface area (Å²) in [5.74, 6) is -0.544. The van der Waals surface area contributed by atoms with E-state index in [4.69, 9.17) is 0 Å². The maximum Gasteiger partial charge on any atom is 0.249 e. The van der Waals surface area contributed by atoms with Crippen molar-refractivity contribution < 1.29 is 9.59 Å². The van der Waals surface area contributed by atoms with E-state index in [0.29, 0.717) is 0 Å². The largest absolute Gasteiger partial charge is 0.347 e. The lowest BCUT2D eigenvalue weighted by atomic mass is 10.1. The Hall–Kier alpha value is -2.77. The first-order valence-corrected chi connectivity index (χ1v) is 6.34. The van der Waals surface area contributed by atoms with Crippen molar-refractivity contribution >= 4 is 11.8 Å². The second-order valence-corrected chi connectivity index (χ2v) is 4.65. The third kappa shape index (κ3) is 3.85. The molecule has 1 heterocycles. The molecule has 2 rings (SSSR count). The zero-order chi connectivity index (χ0) is 15.2. The monoisotopic (exact) mass is 288 g/mol. The fourth-order valence-corrected chi connectivity index (χ4v) is 1.80. The van der Waals surface area contributed by atoms with Crippen LogP contribution in [-0.2, 0) is 16.1 Å². The normalized spacial score (nSPS) is 11.7. The van der Waals surface area contributed by atoms with Gasteiger partial charge in [-0.05, 0) is 16.0 Å². The summed E-state index contributed by atoms with van der Waals surface area (Å²) in [6.07, 6.45) is 1.34. The lowest BCUT2D eigenvalue weighted by Crippen LogP contribution is -2.41. The topological polar surface area (TPSA) is 93.0 Å². The number of hydrogen-bond acceptors (Lipinski definition) is 5. The van der Waals surface area contributed by atoms with Crippen LogP contribution in [0, 0.1) is 0 Å². The van der Waals surface area contributed by atoms with Crippen molar-refractivity contribution in [3.63, 3.8) is 0 Å². The van der Waals surface area contributed by atoms with E-state index in [2.05, 4.69) is 20.8 Å². The second-order valence-electron chi connectivity index (χ2n) is 4.65. The summed E-state index contributed by atoms with van der Waals surface area (Å²) in [5, 5.41) is 13.2. The quantitative estimate of drug-likeness (QED) is 0.809. The summed E-state index contributed by atoms with van der Waals surface area (Å²) in [6.45, 7) is -0.0446. The highest BCUT2D eigenvalue weighted by atomic mass is 16.2. The summed E-state index contributed by atoms with van der Waals surface area (Å²) in [6, 6.07) is 8.35. The molecule has 0 bridgehead atoms. The molecule has 1 aromatic carbocycles. The van der Waals surface area contributed by atoms with Crippen LogP contribution in [0.4, 0.5) is 0 Å². The maximum absolute atomic E-state index is 12.2. The molecule has 2 amide bonds. The van der Waals surface area contributed by atoms with Crippen LogP contribution in [0.25, 0.3) is 0 Å². The Morgan fingerprint density at radius 1 is 1.29 bits per heavy atom. The number of likely N-dealkylation sites (N-methyl/N-ethyl adjacent to an activating group) is 1. The van der Waals surface area contributed by atoms with E-state index >= 15 is 0 Å². The zero-order valence-corrected chi connectivity index (χ0v) is 11.8. The smallest absolute Gasteiger partial charge is 0.249 e. The predicted octanol–water partition coefficient (Wildman–Crippen LogP) is -0.381. The van der Waals surface area contributed by atoms with Gasteiger partial charge in [0.15, 0.2) is 0 Å². The number of nitrogens with one attached hydrogen (secondary N) is 1. The first-order chi connectivity index (χ1) is 10.1. The van der Waals surface area contributed by atoms with Gasteiger partial charge in [0.05, 0.1) is 0 Å². The average molecular weight is 288 g/mol. The van der Waals surface area contributed by atoms with Crippen molar-refractivity contribution in [1.29, 1.82) is 0 Å². The number of nitrogens with zero attached hydrogens (tertiary/aromatic N) is 5. The molecule has 21 heavy (non-hydrogen) atoms. The molecular weight excluding hydrogens is 272 g/mol. The first-order valence-electron chi connectivity index (χ1n) is 6.34. The van der Waals surface area contributed by atoms with Crippen LogP contribution in [0.15, 0.2) is 36.7 Å². The van der Waals surface area contributed by atoms with Crippen LogP contribution < -0.4 is 5.32 Å². The molecule has 110 valence electrons. The molecule has 0 radical (unpaired) electrons. The van der Waals surface area contributed by atoms with Crippen LogP contribution in [0.5, 0.6) is 0 Å². The van der Waals surface area contributed by atoms with Gasteiger partial charge in [-0.2, -0.15) is 0 Å². The van der Waals surface area contributed by atoms with Crippen molar-refractivity contribution in [3.8, 4) is 0 Å². The number of carbonyl (C=O) groups is 2. The molecule has 8 nitrogen and oxygen atoms in total. The molecule has 0 fully saturated rings. The van der Waals surface area contributed by atoms with Gasteiger partial charge in [0.2, 0.25) is 11.8 Å². The van der Waals surface area contributed by atoms with E-state index in [1.807, 2.05) is 18.2 Å². The standard InChI is InChI=1S/C13H16N6O2/c1-18(2)13(21)12(10-6-4-3-5-7-10)15-11(20)8-19-9-14-16-17-19/h3-7,9,12H,8H2,1-2H3,(H,15,20). The van der Waals surface area contributed by atoms with Crippen molar-refractivity contribution in [1.82, 2.24) is 30.4 Å². The van der Waals surface area contributed by atoms with Crippen LogP contribution >= 0.6 is 0 Å². The highest BCUT2D eigenvalue weighted by Gasteiger charge is 2.24. The van der Waals surface area contributed by atoms with E-state index in [9.17, 15) is 9.59 Å². The lowest BCUT2D eigenvalue weighted by Gasteiger charge is -2.22. The molecule has 1 unspecified atom stereocenters. The Balaban J connectivity index is 2.13. The van der Waals surface area contributed by atoms with Gasteiger partial charge in [-0.3, -0.25) is 9.59 Å². The third-order valence-corrected chi connectivity index (χ3v) is 2.82. The highest BCUT2D eigenvalue weighted by molar-refractivity contribution is 5.88. The van der Waals surface area contributed by atoms with Gasteiger partial charge in [-0.1, -0.05) is 30.3 Å². The molecule has 1 N–H and O–H groups in total. The Morgan fingerprint density at radius 2 is 2.00 bits per heavy atom.